The molecule has 3 aromatic rings. The fourth-order valence-electron chi connectivity index (χ4n) is 5.41. The molecule has 0 bridgehead atoms. The van der Waals surface area contributed by atoms with Gasteiger partial charge >= 0.3 is 161 Å². The molecule has 2 aliphatic heterocycles. The van der Waals surface area contributed by atoms with Crippen LogP contribution in [0.15, 0.2) is 41.3 Å². The van der Waals surface area contributed by atoms with E-state index in [0.29, 0.717) is 36.4 Å². The number of fused-ring (bicyclic) bond motifs is 1. The van der Waals surface area contributed by atoms with Crippen LogP contribution < -0.4 is 45.0 Å². The van der Waals surface area contributed by atoms with Gasteiger partial charge in [0.1, 0.15) is 11.4 Å². The number of nitrogens with zero attached hydrogens (tertiary/aromatic N) is 3. The number of anilines is 2. The van der Waals surface area contributed by atoms with Gasteiger partial charge in [0.25, 0.3) is 0 Å². The number of carboxylic acid groups (broad SMARTS) is 1. The predicted octanol–water partition coefficient (Wildman–Crippen LogP) is 0.641. The number of hydrogen-bond acceptors (Lipinski definition) is 7. The first kappa shape index (κ1) is 29.1. The zero-order valence-electron chi connectivity index (χ0n) is 23.0. The van der Waals surface area contributed by atoms with Crippen LogP contribution in [-0.2, 0) is 9.53 Å². The molecule has 2 amide bonds. The number of aromatic nitrogens is 1. The van der Waals surface area contributed by atoms with E-state index < -0.39 is 54.7 Å². The quantitative estimate of drug-likeness (QED) is 0.188. The molecule has 1 aromatic heterocycles. The van der Waals surface area contributed by atoms with E-state index in [0.717, 1.165) is 18.9 Å². The number of carbonyl (C=O) groups excluding carboxylic acids is 2. The number of benzene rings is 2. The molecular weight excluding hydrogens is 681 g/mol. The molecule has 6 rings (SSSR count). The molecule has 0 radical (unpaired) electrons. The van der Waals surface area contributed by atoms with Crippen molar-refractivity contribution in [2.45, 2.75) is 36.3 Å². The van der Waals surface area contributed by atoms with Crippen molar-refractivity contribution in [1.82, 2.24) is 8.10 Å². The number of alkyl halides is 1. The van der Waals surface area contributed by atoms with Gasteiger partial charge in [-0.15, -0.1) is 0 Å². The van der Waals surface area contributed by atoms with E-state index in [4.69, 9.17) is 9.47 Å². The van der Waals surface area contributed by atoms with E-state index in [9.17, 15) is 28.7 Å². The van der Waals surface area contributed by atoms with Gasteiger partial charge in [-0.2, -0.15) is 0 Å². The first-order valence-electron chi connectivity index (χ1n) is 13.7. The van der Waals surface area contributed by atoms with Gasteiger partial charge in [-0.1, -0.05) is 0 Å². The molecule has 3 aliphatic rings. The van der Waals surface area contributed by atoms with Crippen LogP contribution >= 0.6 is 0 Å². The summed E-state index contributed by atoms with van der Waals surface area (Å²) in [4.78, 5) is 51.0. The summed E-state index contributed by atoms with van der Waals surface area (Å²) in [5, 5.41) is 9.50. The average molecular weight is 709 g/mol. The number of cyclic esters (lactones) is 1. The van der Waals surface area contributed by atoms with Crippen LogP contribution in [0.2, 0.25) is 0 Å². The van der Waals surface area contributed by atoms with Crippen LogP contribution in [0.25, 0.3) is 10.9 Å². The normalized spacial score (nSPS) is 20.1. The summed E-state index contributed by atoms with van der Waals surface area (Å²) in [6.07, 6.45) is 3.12. The summed E-state index contributed by atoms with van der Waals surface area (Å²) >= 11 is -0.898. The topological polar surface area (TPSA) is 130 Å². The average Bonchev–Trinajstić information content (AvgIpc) is 3.58. The van der Waals surface area contributed by atoms with Gasteiger partial charge < -0.3 is 9.67 Å². The number of hydrogen-bond donors (Lipinski definition) is 2. The fourth-order valence-corrected chi connectivity index (χ4v) is 7.13. The first-order chi connectivity index (χ1) is 20.6. The van der Waals surface area contributed by atoms with Crippen molar-refractivity contribution in [3.8, 4) is 5.75 Å². The SMILES string of the molecule is CC(=O)N[I-][C@H]1CN(c2ccc(OCC3CCN(c4cc5c(cc4F)c(=O)c(C(=O)O)cn5C4CC4)C3)c(F)c2)C(=O)O1. The predicted molar refractivity (Wildman–Crippen MR) is 147 cm³/mol. The number of ether oxygens (including phenoxy) is 2. The molecule has 14 heteroatoms. The standard InChI is InChI=1S/C29H28F2IN4O7/c1-15(37)33-32-26-13-36(29(41)43-26)18-4-5-25(22(31)8-18)42-14-16-6-7-34(11-16)24-10-23-19(9-21(24)30)27(38)20(28(39)40)12-35(23)17-2-3-17/h4-5,8-10,12,16-17,26H,2-3,6-7,11,13-14H2,1H3,(H,33,37)(H,39,40)/q-1/t16?,26-/m1/s1. The Kier molecular flexibility index (Phi) is 7.87. The molecule has 2 saturated heterocycles. The van der Waals surface area contributed by atoms with E-state index >= 15 is 4.39 Å². The van der Waals surface area contributed by atoms with E-state index in [2.05, 4.69) is 3.53 Å². The van der Waals surface area contributed by atoms with E-state index in [1.54, 1.807) is 16.7 Å². The number of nitrogens with one attached hydrogen (secondary N) is 1. The Hall–Kier alpha value is -3.95. The van der Waals surface area contributed by atoms with E-state index in [1.807, 2.05) is 4.90 Å². The van der Waals surface area contributed by atoms with Crippen LogP contribution in [0, 0.1) is 17.6 Å². The number of rotatable bonds is 9. The van der Waals surface area contributed by atoms with Crippen LogP contribution in [0.4, 0.5) is 25.0 Å². The molecule has 2 atom stereocenters. The zero-order valence-corrected chi connectivity index (χ0v) is 25.2. The molecular formula is C29H28F2IN4O7-. The van der Waals surface area contributed by atoms with Crippen LogP contribution in [0.3, 0.4) is 0 Å². The molecule has 11 nitrogen and oxygen atoms in total. The summed E-state index contributed by atoms with van der Waals surface area (Å²) in [5.41, 5.74) is 0.0553. The van der Waals surface area contributed by atoms with Crippen molar-refractivity contribution in [3.05, 3.63) is 63.9 Å². The zero-order chi connectivity index (χ0) is 30.4. The Bertz CT molecular complexity index is 1700. The van der Waals surface area contributed by atoms with Crippen LogP contribution in [-0.4, -0.2) is 58.0 Å². The maximum atomic E-state index is 15.3. The molecule has 1 aliphatic carbocycles. The monoisotopic (exact) mass is 709 g/mol. The number of carbonyl (C=O) groups is 3. The minimum absolute atomic E-state index is 0.0246. The fraction of sp³-hybridized carbons (Fsp3) is 0.379. The molecule has 228 valence electrons. The number of halogens is 3. The maximum absolute atomic E-state index is 15.3. The summed E-state index contributed by atoms with van der Waals surface area (Å²) in [5.74, 6) is -2.79. The van der Waals surface area contributed by atoms with Gasteiger partial charge in [-0.25, -0.2) is 9.18 Å². The summed E-state index contributed by atoms with van der Waals surface area (Å²) in [7, 11) is 0. The second kappa shape index (κ2) is 11.6. The van der Waals surface area contributed by atoms with Crippen molar-refractivity contribution in [3.63, 3.8) is 0 Å². The van der Waals surface area contributed by atoms with Crippen molar-refractivity contribution in [2.75, 3.05) is 36.0 Å². The van der Waals surface area contributed by atoms with E-state index in [-0.39, 0.29) is 47.7 Å². The minimum atomic E-state index is -1.34. The number of pyridine rings is 1. The molecule has 3 fully saturated rings. The second-order valence-corrected chi connectivity index (χ2v) is 13.4. The molecule has 3 heterocycles. The molecule has 1 saturated carbocycles. The van der Waals surface area contributed by atoms with Crippen LogP contribution in [0.1, 0.15) is 42.6 Å². The Morgan fingerprint density at radius 1 is 1.12 bits per heavy atom. The Balaban J connectivity index is 1.12. The first-order valence-corrected chi connectivity index (χ1v) is 16.1. The van der Waals surface area contributed by atoms with Gasteiger partial charge in [0.2, 0.25) is 5.43 Å². The van der Waals surface area contributed by atoms with Crippen molar-refractivity contribution < 1.29 is 59.2 Å². The number of amides is 2. The van der Waals surface area contributed by atoms with Crippen molar-refractivity contribution in [1.29, 1.82) is 0 Å². The number of carboxylic acids is 1. The third-order valence-electron chi connectivity index (χ3n) is 7.68. The van der Waals surface area contributed by atoms with Crippen LogP contribution in [0.5, 0.6) is 5.75 Å². The Morgan fingerprint density at radius 3 is 2.60 bits per heavy atom. The van der Waals surface area contributed by atoms with Gasteiger partial charge in [0, 0.05) is 17.6 Å². The van der Waals surface area contributed by atoms with Crippen molar-refractivity contribution >= 4 is 40.2 Å². The Morgan fingerprint density at radius 2 is 1.91 bits per heavy atom. The number of aromatic carboxylic acids is 1. The van der Waals surface area contributed by atoms with E-state index in [1.165, 1.54) is 30.2 Å². The summed E-state index contributed by atoms with van der Waals surface area (Å²) < 4.78 is 45.3. The Labute approximate surface area is 255 Å². The molecule has 2 N–H and O–H groups in total. The summed E-state index contributed by atoms with van der Waals surface area (Å²) in [6, 6.07) is 7.04. The summed E-state index contributed by atoms with van der Waals surface area (Å²) in [6.45, 7) is 2.76. The molecule has 43 heavy (non-hydrogen) atoms. The van der Waals surface area contributed by atoms with Gasteiger partial charge in [-0.05, 0) is 25.0 Å². The van der Waals surface area contributed by atoms with Gasteiger partial charge in [0.05, 0.1) is 11.2 Å². The second-order valence-electron chi connectivity index (χ2n) is 10.8. The van der Waals surface area contributed by atoms with Crippen molar-refractivity contribution in [2.24, 2.45) is 5.92 Å². The van der Waals surface area contributed by atoms with Gasteiger partial charge in [-0.3, -0.25) is 4.79 Å². The third kappa shape index (κ3) is 5.96. The van der Waals surface area contributed by atoms with Gasteiger partial charge in [0.15, 0.2) is 0 Å². The third-order valence-corrected chi connectivity index (χ3v) is 10.1. The molecule has 0 spiro atoms. The molecule has 2 aromatic carbocycles. The molecule has 1 unspecified atom stereocenters.